The zero-order valence-corrected chi connectivity index (χ0v) is 18.3. The van der Waals surface area contributed by atoms with Crippen LogP contribution in [0.5, 0.6) is 0 Å². The van der Waals surface area contributed by atoms with Gasteiger partial charge in [-0.05, 0) is 44.0 Å². The molecule has 1 aliphatic rings. The van der Waals surface area contributed by atoms with E-state index in [-0.39, 0.29) is 10.2 Å². The summed E-state index contributed by atoms with van der Waals surface area (Å²) in [5.74, 6) is 0. The Morgan fingerprint density at radius 2 is 2.07 bits per heavy atom. The van der Waals surface area contributed by atoms with Crippen molar-refractivity contribution >= 4 is 11.8 Å². The van der Waals surface area contributed by atoms with Crippen LogP contribution in [0.2, 0.25) is 0 Å². The molecule has 1 saturated heterocycles. The zero-order chi connectivity index (χ0) is 22.2. The van der Waals surface area contributed by atoms with E-state index >= 15 is 0 Å². The first-order valence-corrected chi connectivity index (χ1v) is 10.5. The van der Waals surface area contributed by atoms with Crippen LogP contribution in [0.3, 0.4) is 0 Å². The summed E-state index contributed by atoms with van der Waals surface area (Å²) in [6.45, 7) is 6.84. The molecular weight excluding hydrogens is 417 g/mol. The monoisotopic (exact) mass is 444 g/mol. The normalized spacial score (nSPS) is 23.0. The summed E-state index contributed by atoms with van der Waals surface area (Å²) in [5.41, 5.74) is 0.175. The molecule has 0 amide bonds. The fourth-order valence-electron chi connectivity index (χ4n) is 3.65. The highest BCUT2D eigenvalue weighted by Gasteiger charge is 2.38. The first kappa shape index (κ1) is 23.0. The van der Waals surface area contributed by atoms with E-state index in [0.29, 0.717) is 42.3 Å². The molecule has 2 heterocycles. The maximum atomic E-state index is 13.0. The van der Waals surface area contributed by atoms with Crippen LogP contribution < -0.4 is 0 Å². The number of alkyl halides is 3. The lowest BCUT2D eigenvalue weighted by Gasteiger charge is -2.37. The maximum Gasteiger partial charge on any atom is 0.416 e. The minimum absolute atomic E-state index is 0.348. The second-order valence-electron chi connectivity index (χ2n) is 8.55. The van der Waals surface area contributed by atoms with Gasteiger partial charge in [0.2, 0.25) is 0 Å². The van der Waals surface area contributed by atoms with E-state index < -0.39 is 17.8 Å². The number of ether oxygens (including phenoxy) is 2. The third kappa shape index (κ3) is 5.12. The van der Waals surface area contributed by atoms with Crippen molar-refractivity contribution in [3.05, 3.63) is 47.3 Å². The molecule has 9 heteroatoms. The third-order valence-electron chi connectivity index (χ3n) is 5.34. The van der Waals surface area contributed by atoms with Crippen molar-refractivity contribution in [1.29, 1.82) is 0 Å². The van der Waals surface area contributed by atoms with Crippen molar-refractivity contribution in [2.45, 2.75) is 61.0 Å². The Morgan fingerprint density at radius 1 is 1.33 bits per heavy atom. The van der Waals surface area contributed by atoms with E-state index in [2.05, 4.69) is 5.10 Å². The molecule has 0 aliphatic carbocycles. The number of nitrogens with zero attached hydrogens (tertiary/aromatic N) is 2. The first-order chi connectivity index (χ1) is 13.9. The van der Waals surface area contributed by atoms with Gasteiger partial charge in [0, 0.05) is 28.8 Å². The van der Waals surface area contributed by atoms with Crippen LogP contribution >= 0.6 is 11.8 Å². The van der Waals surface area contributed by atoms with Crippen LogP contribution in [0.1, 0.15) is 56.7 Å². The molecule has 0 bridgehead atoms. The standard InChI is InChI=1S/C21H27F3N2O3S/c1-19(2,13-28-4)18-11-16(26(27)25-18)17-12-20(3,8-9-29-17)30-15-7-5-6-14(10-15)21(22,23)24/h5-7,10-11,17,27H,8-9,12-13H2,1-4H3. The van der Waals surface area contributed by atoms with Gasteiger partial charge in [0.05, 0.1) is 17.9 Å². The summed E-state index contributed by atoms with van der Waals surface area (Å²) < 4.78 is 49.9. The van der Waals surface area contributed by atoms with Crippen molar-refractivity contribution in [3.63, 3.8) is 0 Å². The SMILES string of the molecule is COCC(C)(C)c1cc(C2CC(C)(Sc3cccc(C(F)(F)F)c3)CCO2)n(O)n1. The van der Waals surface area contributed by atoms with Gasteiger partial charge < -0.3 is 14.7 Å². The Morgan fingerprint density at radius 3 is 2.73 bits per heavy atom. The number of halogens is 3. The second-order valence-corrected chi connectivity index (χ2v) is 10.2. The maximum absolute atomic E-state index is 13.0. The fourth-order valence-corrected chi connectivity index (χ4v) is 4.97. The number of benzene rings is 1. The molecular formula is C21H27F3N2O3S. The molecule has 1 aromatic carbocycles. The molecule has 30 heavy (non-hydrogen) atoms. The Bertz CT molecular complexity index is 885. The van der Waals surface area contributed by atoms with Crippen molar-refractivity contribution < 1.29 is 27.9 Å². The molecule has 1 N–H and O–H groups in total. The molecule has 1 aliphatic heterocycles. The summed E-state index contributed by atoms with van der Waals surface area (Å²) >= 11 is 1.41. The summed E-state index contributed by atoms with van der Waals surface area (Å²) in [6, 6.07) is 7.19. The fraction of sp³-hybridized carbons (Fsp3) is 0.571. The van der Waals surface area contributed by atoms with Crippen LogP contribution in [-0.4, -0.2) is 40.2 Å². The highest BCUT2D eigenvalue weighted by molar-refractivity contribution is 8.00. The molecule has 5 nitrogen and oxygen atoms in total. The highest BCUT2D eigenvalue weighted by Crippen LogP contribution is 2.46. The molecule has 0 spiro atoms. The lowest BCUT2D eigenvalue weighted by Crippen LogP contribution is -2.32. The van der Waals surface area contributed by atoms with Gasteiger partial charge in [0.15, 0.2) is 0 Å². The molecule has 2 atom stereocenters. The molecule has 166 valence electrons. The molecule has 3 rings (SSSR count). The van der Waals surface area contributed by atoms with Crippen LogP contribution in [0.4, 0.5) is 13.2 Å². The average molecular weight is 445 g/mol. The molecule has 0 radical (unpaired) electrons. The molecule has 2 aromatic rings. The summed E-state index contributed by atoms with van der Waals surface area (Å²) in [5, 5.41) is 14.6. The number of aromatic nitrogens is 2. The molecule has 1 aromatic heterocycles. The van der Waals surface area contributed by atoms with E-state index in [1.165, 1.54) is 23.9 Å². The number of thioether (sulfide) groups is 1. The number of hydrogen-bond donors (Lipinski definition) is 1. The minimum atomic E-state index is -4.37. The van der Waals surface area contributed by atoms with Crippen LogP contribution in [0.15, 0.2) is 35.2 Å². The first-order valence-electron chi connectivity index (χ1n) is 9.70. The van der Waals surface area contributed by atoms with E-state index in [1.54, 1.807) is 13.2 Å². The van der Waals surface area contributed by atoms with Gasteiger partial charge in [0.1, 0.15) is 11.8 Å². The van der Waals surface area contributed by atoms with Crippen molar-refractivity contribution in [3.8, 4) is 0 Å². The van der Waals surface area contributed by atoms with Gasteiger partial charge in [-0.2, -0.15) is 13.2 Å². The number of hydrogen-bond acceptors (Lipinski definition) is 5. The minimum Gasteiger partial charge on any atom is -0.411 e. The van der Waals surface area contributed by atoms with Gasteiger partial charge >= 0.3 is 6.18 Å². The highest BCUT2D eigenvalue weighted by atomic mass is 32.2. The lowest BCUT2D eigenvalue weighted by molar-refractivity contribution is -0.137. The Kier molecular flexibility index (Phi) is 6.46. The quantitative estimate of drug-likeness (QED) is 0.599. The molecule has 1 fully saturated rings. The second kappa shape index (κ2) is 8.43. The van der Waals surface area contributed by atoms with Gasteiger partial charge in [-0.3, -0.25) is 0 Å². The average Bonchev–Trinajstić information content (AvgIpc) is 3.03. The lowest BCUT2D eigenvalue weighted by atomic mass is 9.89. The number of rotatable bonds is 6. The van der Waals surface area contributed by atoms with Crippen molar-refractivity contribution in [2.75, 3.05) is 20.3 Å². The van der Waals surface area contributed by atoms with Crippen LogP contribution in [0.25, 0.3) is 0 Å². The Hall–Kier alpha value is -1.71. The Labute approximate surface area is 178 Å². The van der Waals surface area contributed by atoms with E-state index in [1.807, 2.05) is 26.8 Å². The summed E-state index contributed by atoms with van der Waals surface area (Å²) in [4.78, 5) is 1.41. The predicted octanol–water partition coefficient (Wildman–Crippen LogP) is 5.47. The topological polar surface area (TPSA) is 56.5 Å². The zero-order valence-electron chi connectivity index (χ0n) is 17.5. The van der Waals surface area contributed by atoms with Gasteiger partial charge in [-0.1, -0.05) is 19.9 Å². The molecule has 2 unspecified atom stereocenters. The van der Waals surface area contributed by atoms with Crippen molar-refractivity contribution in [1.82, 2.24) is 9.94 Å². The van der Waals surface area contributed by atoms with E-state index in [0.717, 1.165) is 10.9 Å². The number of methoxy groups -OCH3 is 1. The third-order valence-corrected chi connectivity index (χ3v) is 6.69. The largest absolute Gasteiger partial charge is 0.416 e. The van der Waals surface area contributed by atoms with Crippen LogP contribution in [0, 0.1) is 0 Å². The van der Waals surface area contributed by atoms with Crippen LogP contribution in [-0.2, 0) is 21.1 Å². The van der Waals surface area contributed by atoms with Gasteiger partial charge in [-0.25, -0.2) is 0 Å². The molecule has 0 saturated carbocycles. The Balaban J connectivity index is 1.79. The summed E-state index contributed by atoms with van der Waals surface area (Å²) in [7, 11) is 1.61. The van der Waals surface area contributed by atoms with E-state index in [4.69, 9.17) is 9.47 Å². The van der Waals surface area contributed by atoms with Gasteiger partial charge in [-0.15, -0.1) is 21.7 Å². The van der Waals surface area contributed by atoms with Gasteiger partial charge in [0.25, 0.3) is 0 Å². The van der Waals surface area contributed by atoms with Crippen molar-refractivity contribution in [2.24, 2.45) is 0 Å². The van der Waals surface area contributed by atoms with E-state index in [9.17, 15) is 18.4 Å². The predicted molar refractivity (Wildman–Crippen MR) is 108 cm³/mol. The smallest absolute Gasteiger partial charge is 0.411 e. The summed E-state index contributed by atoms with van der Waals surface area (Å²) in [6.07, 6.45) is -3.56.